The Bertz CT molecular complexity index is 693. The van der Waals surface area contributed by atoms with Crippen LogP contribution in [-0.4, -0.2) is 36.6 Å². The number of amides is 2. The molecule has 0 saturated carbocycles. The summed E-state index contributed by atoms with van der Waals surface area (Å²) in [5.41, 5.74) is 0.863. The molecular formula is C17H15NO5. The molecule has 0 aromatic heterocycles. The highest BCUT2D eigenvalue weighted by atomic mass is 16.5. The molecule has 2 saturated heterocycles. The third-order valence-electron chi connectivity index (χ3n) is 4.55. The fourth-order valence-electron chi connectivity index (χ4n) is 3.52. The average Bonchev–Trinajstić information content (AvgIpc) is 3.22. The first-order valence-corrected chi connectivity index (χ1v) is 7.60. The zero-order chi connectivity index (χ0) is 16.1. The van der Waals surface area contributed by atoms with Gasteiger partial charge in [-0.3, -0.25) is 9.59 Å². The standard InChI is InChI=1S/C17H15NO5/c1-2-22-17(21)9-3-5-10(6-4-9)18-15(19)13-11-7-8-12(23-11)14(13)16(18)20/h3-8,11-14H,2H2,1H3/t11-,12+,13-,14-/m0/s1. The number of anilines is 1. The van der Waals surface area contributed by atoms with Crippen molar-refractivity contribution in [1.82, 2.24) is 0 Å². The highest BCUT2D eigenvalue weighted by Gasteiger charge is 2.60. The molecule has 2 bridgehead atoms. The lowest BCUT2D eigenvalue weighted by molar-refractivity contribution is -0.124. The van der Waals surface area contributed by atoms with Crippen LogP contribution in [0.25, 0.3) is 0 Å². The highest BCUT2D eigenvalue weighted by Crippen LogP contribution is 2.46. The summed E-state index contributed by atoms with van der Waals surface area (Å²) in [6.45, 7) is 2.03. The molecule has 3 aliphatic rings. The summed E-state index contributed by atoms with van der Waals surface area (Å²) in [5.74, 6) is -1.75. The van der Waals surface area contributed by atoms with Crippen LogP contribution in [0.1, 0.15) is 17.3 Å². The summed E-state index contributed by atoms with van der Waals surface area (Å²) in [7, 11) is 0. The Balaban J connectivity index is 1.61. The molecule has 0 unspecified atom stereocenters. The van der Waals surface area contributed by atoms with Crippen molar-refractivity contribution in [3.05, 3.63) is 42.0 Å². The van der Waals surface area contributed by atoms with Gasteiger partial charge in [0, 0.05) is 0 Å². The molecule has 6 nitrogen and oxygen atoms in total. The second kappa shape index (κ2) is 5.03. The lowest BCUT2D eigenvalue weighted by Crippen LogP contribution is -2.34. The van der Waals surface area contributed by atoms with Gasteiger partial charge in [0.2, 0.25) is 11.8 Å². The van der Waals surface area contributed by atoms with Crippen molar-refractivity contribution in [3.8, 4) is 0 Å². The van der Waals surface area contributed by atoms with Crippen LogP contribution >= 0.6 is 0 Å². The minimum atomic E-state index is -0.428. The van der Waals surface area contributed by atoms with E-state index in [0.717, 1.165) is 0 Å². The molecule has 3 heterocycles. The van der Waals surface area contributed by atoms with Gasteiger partial charge in [0.15, 0.2) is 0 Å². The van der Waals surface area contributed by atoms with Crippen molar-refractivity contribution >= 4 is 23.5 Å². The van der Waals surface area contributed by atoms with E-state index in [0.29, 0.717) is 17.9 Å². The van der Waals surface area contributed by atoms with Crippen LogP contribution in [0.3, 0.4) is 0 Å². The topological polar surface area (TPSA) is 72.9 Å². The molecule has 1 aromatic carbocycles. The Hall–Kier alpha value is -2.47. The van der Waals surface area contributed by atoms with Gasteiger partial charge >= 0.3 is 5.97 Å². The Labute approximate surface area is 132 Å². The van der Waals surface area contributed by atoms with Crippen molar-refractivity contribution in [1.29, 1.82) is 0 Å². The van der Waals surface area contributed by atoms with Gasteiger partial charge < -0.3 is 9.47 Å². The van der Waals surface area contributed by atoms with E-state index in [1.54, 1.807) is 31.2 Å². The van der Waals surface area contributed by atoms with Crippen LogP contribution in [0.2, 0.25) is 0 Å². The maximum Gasteiger partial charge on any atom is 0.338 e. The lowest BCUT2D eigenvalue weighted by atomic mass is 9.85. The first kappa shape index (κ1) is 14.1. The fourth-order valence-corrected chi connectivity index (χ4v) is 3.52. The first-order valence-electron chi connectivity index (χ1n) is 7.60. The third-order valence-corrected chi connectivity index (χ3v) is 4.55. The monoisotopic (exact) mass is 313 g/mol. The SMILES string of the molecule is CCOC(=O)c1ccc(N2C(=O)[C@@H]3[C@@H](C2=O)[C@H]2C=C[C@@H]3O2)cc1. The molecular weight excluding hydrogens is 298 g/mol. The van der Waals surface area contributed by atoms with Crippen molar-refractivity contribution in [2.45, 2.75) is 19.1 Å². The summed E-state index contributed by atoms with van der Waals surface area (Å²) < 4.78 is 10.5. The van der Waals surface area contributed by atoms with Gasteiger partial charge in [0.25, 0.3) is 0 Å². The normalized spacial score (nSPS) is 30.9. The molecule has 0 N–H and O–H groups in total. The number of fused-ring (bicyclic) bond motifs is 5. The molecule has 2 amide bonds. The van der Waals surface area contributed by atoms with Crippen molar-refractivity contribution in [2.75, 3.05) is 11.5 Å². The molecule has 3 aliphatic heterocycles. The second-order valence-electron chi connectivity index (χ2n) is 5.78. The van der Waals surface area contributed by atoms with Crippen LogP contribution in [0.15, 0.2) is 36.4 Å². The zero-order valence-corrected chi connectivity index (χ0v) is 12.5. The number of esters is 1. The van der Waals surface area contributed by atoms with E-state index >= 15 is 0 Å². The van der Waals surface area contributed by atoms with Gasteiger partial charge in [-0.05, 0) is 31.2 Å². The predicted molar refractivity (Wildman–Crippen MR) is 79.7 cm³/mol. The smallest absolute Gasteiger partial charge is 0.338 e. The number of carbonyl (C=O) groups is 3. The molecule has 0 aliphatic carbocycles. The Kier molecular flexibility index (Phi) is 3.09. The molecule has 23 heavy (non-hydrogen) atoms. The molecule has 118 valence electrons. The summed E-state index contributed by atoms with van der Waals surface area (Å²) in [5, 5.41) is 0. The number of hydrogen-bond donors (Lipinski definition) is 0. The van der Waals surface area contributed by atoms with Crippen LogP contribution in [0.4, 0.5) is 5.69 Å². The van der Waals surface area contributed by atoms with Gasteiger partial charge in [-0.2, -0.15) is 0 Å². The number of ether oxygens (including phenoxy) is 2. The molecule has 2 fully saturated rings. The van der Waals surface area contributed by atoms with Crippen LogP contribution < -0.4 is 4.90 Å². The van der Waals surface area contributed by atoms with E-state index in [4.69, 9.17) is 9.47 Å². The van der Waals surface area contributed by atoms with E-state index < -0.39 is 17.8 Å². The molecule has 1 aromatic rings. The van der Waals surface area contributed by atoms with E-state index in [2.05, 4.69) is 0 Å². The minimum Gasteiger partial charge on any atom is -0.462 e. The van der Waals surface area contributed by atoms with E-state index in [9.17, 15) is 14.4 Å². The predicted octanol–water partition coefficient (Wildman–Crippen LogP) is 1.31. The van der Waals surface area contributed by atoms with E-state index in [1.165, 1.54) is 4.90 Å². The zero-order valence-electron chi connectivity index (χ0n) is 12.5. The Morgan fingerprint density at radius 3 is 2.17 bits per heavy atom. The fraction of sp³-hybridized carbons (Fsp3) is 0.353. The number of carbonyl (C=O) groups excluding carboxylic acids is 3. The molecule has 4 atom stereocenters. The maximum absolute atomic E-state index is 12.6. The minimum absolute atomic E-state index is 0.235. The Morgan fingerprint density at radius 2 is 1.65 bits per heavy atom. The summed E-state index contributed by atoms with van der Waals surface area (Å²) >= 11 is 0. The number of nitrogens with zero attached hydrogens (tertiary/aromatic N) is 1. The van der Waals surface area contributed by atoms with Gasteiger partial charge in [0.1, 0.15) is 0 Å². The molecule has 0 radical (unpaired) electrons. The Morgan fingerprint density at radius 1 is 1.09 bits per heavy atom. The number of hydrogen-bond acceptors (Lipinski definition) is 5. The molecule has 6 heteroatoms. The van der Waals surface area contributed by atoms with Crippen LogP contribution in [0, 0.1) is 11.8 Å². The van der Waals surface area contributed by atoms with Crippen molar-refractivity contribution in [3.63, 3.8) is 0 Å². The third kappa shape index (κ3) is 1.95. The summed E-state index contributed by atoms with van der Waals surface area (Å²) in [4.78, 5) is 38.1. The number of benzene rings is 1. The van der Waals surface area contributed by atoms with Crippen molar-refractivity contribution < 1.29 is 23.9 Å². The number of rotatable bonds is 3. The summed E-state index contributed by atoms with van der Waals surface area (Å²) in [6, 6.07) is 6.31. The highest BCUT2D eigenvalue weighted by molar-refractivity contribution is 6.23. The van der Waals surface area contributed by atoms with Crippen LogP contribution in [-0.2, 0) is 19.1 Å². The number of imide groups is 1. The van der Waals surface area contributed by atoms with Gasteiger partial charge in [-0.25, -0.2) is 9.69 Å². The van der Waals surface area contributed by atoms with Gasteiger partial charge in [-0.1, -0.05) is 12.2 Å². The van der Waals surface area contributed by atoms with E-state index in [-0.39, 0.29) is 24.0 Å². The summed E-state index contributed by atoms with van der Waals surface area (Å²) in [6.07, 6.45) is 3.10. The lowest BCUT2D eigenvalue weighted by Gasteiger charge is -2.17. The van der Waals surface area contributed by atoms with Gasteiger partial charge in [0.05, 0.1) is 41.9 Å². The van der Waals surface area contributed by atoms with Crippen LogP contribution in [0.5, 0.6) is 0 Å². The second-order valence-corrected chi connectivity index (χ2v) is 5.78. The van der Waals surface area contributed by atoms with E-state index in [1.807, 2.05) is 12.2 Å². The molecule has 0 spiro atoms. The molecule has 4 rings (SSSR count). The average molecular weight is 313 g/mol. The first-order chi connectivity index (χ1) is 11.1. The quantitative estimate of drug-likeness (QED) is 0.478. The van der Waals surface area contributed by atoms with Gasteiger partial charge in [-0.15, -0.1) is 0 Å². The van der Waals surface area contributed by atoms with Crippen molar-refractivity contribution in [2.24, 2.45) is 11.8 Å². The largest absolute Gasteiger partial charge is 0.462 e. The maximum atomic E-state index is 12.6.